The molecule has 0 saturated heterocycles. The average molecular weight is 296 g/mol. The molecule has 0 radical (unpaired) electrons. The molecule has 0 aromatic heterocycles. The zero-order valence-electron chi connectivity index (χ0n) is 14.2. The summed E-state index contributed by atoms with van der Waals surface area (Å²) >= 11 is 0. The van der Waals surface area contributed by atoms with Crippen LogP contribution >= 0.6 is 0 Å². The van der Waals surface area contributed by atoms with Crippen molar-refractivity contribution in [2.75, 3.05) is 0 Å². The number of hydrogen-bond acceptors (Lipinski definition) is 4. The minimum Gasteiger partial charge on any atom is -0.247 e. The molecule has 0 unspecified atom stereocenters. The molecular weight excluding hydrogens is 268 g/mol. The van der Waals surface area contributed by atoms with E-state index in [4.69, 9.17) is 4.89 Å². The standard InChI is InChI=1S/C17H28O4/c1-10(2)8-13-15(17(13,6)7)12(5)16(19)21-20-14(18)9-11(3)4/h8,11-13,15H,9H2,1-7H3/t12-,13-,15+/m1/s1. The van der Waals surface area contributed by atoms with Gasteiger partial charge in [-0.05, 0) is 37.0 Å². The Labute approximate surface area is 127 Å². The van der Waals surface area contributed by atoms with E-state index in [9.17, 15) is 9.59 Å². The molecule has 21 heavy (non-hydrogen) atoms. The summed E-state index contributed by atoms with van der Waals surface area (Å²) in [6.07, 6.45) is 2.45. The second-order valence-electron chi connectivity index (χ2n) is 7.36. The molecule has 3 atom stereocenters. The first-order valence-electron chi connectivity index (χ1n) is 7.63. The molecule has 0 N–H and O–H groups in total. The fourth-order valence-corrected chi connectivity index (χ4v) is 3.03. The lowest BCUT2D eigenvalue weighted by molar-refractivity contribution is -0.263. The lowest BCUT2D eigenvalue weighted by Crippen LogP contribution is -2.21. The smallest absolute Gasteiger partial charge is 0.247 e. The van der Waals surface area contributed by atoms with Crippen molar-refractivity contribution in [1.82, 2.24) is 0 Å². The Morgan fingerprint density at radius 1 is 1.14 bits per heavy atom. The molecule has 120 valence electrons. The van der Waals surface area contributed by atoms with Gasteiger partial charge in [0.15, 0.2) is 0 Å². The third-order valence-corrected chi connectivity index (χ3v) is 4.21. The Bertz CT molecular complexity index is 430. The number of hydrogen-bond donors (Lipinski definition) is 0. The summed E-state index contributed by atoms with van der Waals surface area (Å²) < 4.78 is 0. The molecule has 0 amide bonds. The van der Waals surface area contributed by atoms with Crippen LogP contribution in [-0.2, 0) is 19.4 Å². The third kappa shape index (κ3) is 4.58. The van der Waals surface area contributed by atoms with E-state index in [0.717, 1.165) is 0 Å². The van der Waals surface area contributed by atoms with Crippen LogP contribution in [-0.4, -0.2) is 11.9 Å². The quantitative estimate of drug-likeness (QED) is 0.438. The Morgan fingerprint density at radius 3 is 2.19 bits per heavy atom. The van der Waals surface area contributed by atoms with E-state index in [1.165, 1.54) is 5.57 Å². The van der Waals surface area contributed by atoms with Gasteiger partial charge in [-0.25, -0.2) is 19.4 Å². The van der Waals surface area contributed by atoms with E-state index in [1.807, 2.05) is 20.8 Å². The minimum absolute atomic E-state index is 0.0810. The predicted octanol–water partition coefficient (Wildman–Crippen LogP) is 3.91. The van der Waals surface area contributed by atoms with Gasteiger partial charge in [-0.2, -0.15) is 0 Å². The highest BCUT2D eigenvalue weighted by atomic mass is 17.2. The summed E-state index contributed by atoms with van der Waals surface area (Å²) in [6.45, 7) is 14.1. The molecule has 0 aromatic rings. The van der Waals surface area contributed by atoms with Crippen LogP contribution < -0.4 is 0 Å². The molecule has 0 bridgehead atoms. The first-order chi connectivity index (χ1) is 9.57. The maximum Gasteiger partial charge on any atom is 0.358 e. The first kappa shape index (κ1) is 17.7. The van der Waals surface area contributed by atoms with Gasteiger partial charge in [0.05, 0.1) is 12.3 Å². The van der Waals surface area contributed by atoms with Gasteiger partial charge >= 0.3 is 11.9 Å². The van der Waals surface area contributed by atoms with E-state index < -0.39 is 11.9 Å². The van der Waals surface area contributed by atoms with Crippen LogP contribution in [0.3, 0.4) is 0 Å². The fourth-order valence-electron chi connectivity index (χ4n) is 3.03. The van der Waals surface area contributed by atoms with Crippen molar-refractivity contribution in [3.63, 3.8) is 0 Å². The molecule has 0 spiro atoms. The van der Waals surface area contributed by atoms with Gasteiger partial charge in [0, 0.05) is 0 Å². The zero-order valence-corrected chi connectivity index (χ0v) is 14.2. The van der Waals surface area contributed by atoms with Crippen LogP contribution in [0.2, 0.25) is 0 Å². The number of carbonyl (C=O) groups excluding carboxylic acids is 2. The minimum atomic E-state index is -0.499. The van der Waals surface area contributed by atoms with Crippen molar-refractivity contribution in [2.45, 2.75) is 54.9 Å². The Hall–Kier alpha value is -1.32. The predicted molar refractivity (Wildman–Crippen MR) is 81.0 cm³/mol. The highest BCUT2D eigenvalue weighted by molar-refractivity contribution is 5.75. The molecule has 0 heterocycles. The van der Waals surface area contributed by atoms with Crippen molar-refractivity contribution in [3.05, 3.63) is 11.6 Å². The SMILES string of the molecule is CC(C)=C[C@@H]1[C@H]([C@@H](C)C(=O)OOC(=O)CC(C)C)C1(C)C. The molecule has 1 saturated carbocycles. The molecule has 4 nitrogen and oxygen atoms in total. The van der Waals surface area contributed by atoms with Crippen molar-refractivity contribution in [1.29, 1.82) is 0 Å². The van der Waals surface area contributed by atoms with Crippen molar-refractivity contribution >= 4 is 11.9 Å². The molecule has 1 aliphatic carbocycles. The van der Waals surface area contributed by atoms with E-state index in [2.05, 4.69) is 38.7 Å². The number of allylic oxidation sites excluding steroid dienone is 2. The normalized spacial score (nSPS) is 24.2. The average Bonchev–Trinajstić information content (AvgIpc) is 2.85. The molecule has 0 aliphatic heterocycles. The summed E-state index contributed by atoms with van der Waals surface area (Å²) in [5, 5.41) is 0. The monoisotopic (exact) mass is 296 g/mol. The van der Waals surface area contributed by atoms with Gasteiger partial charge in [-0.1, -0.05) is 46.3 Å². The second-order valence-corrected chi connectivity index (χ2v) is 7.36. The van der Waals surface area contributed by atoms with Gasteiger partial charge in [0.25, 0.3) is 0 Å². The molecular formula is C17H28O4. The Kier molecular flexibility index (Phi) is 5.60. The third-order valence-electron chi connectivity index (χ3n) is 4.21. The fraction of sp³-hybridized carbons (Fsp3) is 0.765. The first-order valence-corrected chi connectivity index (χ1v) is 7.63. The van der Waals surface area contributed by atoms with Crippen LogP contribution in [0.5, 0.6) is 0 Å². The van der Waals surface area contributed by atoms with Gasteiger partial charge in [-0.3, -0.25) is 0 Å². The van der Waals surface area contributed by atoms with Crippen molar-refractivity contribution < 1.29 is 19.4 Å². The molecule has 1 rings (SSSR count). The van der Waals surface area contributed by atoms with E-state index in [0.29, 0.717) is 5.92 Å². The Morgan fingerprint density at radius 2 is 1.71 bits per heavy atom. The Balaban J connectivity index is 2.52. The van der Waals surface area contributed by atoms with Crippen molar-refractivity contribution in [3.8, 4) is 0 Å². The summed E-state index contributed by atoms with van der Waals surface area (Å²) in [4.78, 5) is 32.7. The van der Waals surface area contributed by atoms with Gasteiger partial charge < -0.3 is 0 Å². The van der Waals surface area contributed by atoms with Crippen LogP contribution in [0.1, 0.15) is 54.9 Å². The maximum atomic E-state index is 12.0. The second kappa shape index (κ2) is 6.63. The van der Waals surface area contributed by atoms with E-state index in [1.54, 1.807) is 0 Å². The van der Waals surface area contributed by atoms with E-state index in [-0.39, 0.29) is 29.6 Å². The molecule has 1 fully saturated rings. The van der Waals surface area contributed by atoms with Gasteiger partial charge in [-0.15, -0.1) is 0 Å². The van der Waals surface area contributed by atoms with E-state index >= 15 is 0 Å². The summed E-state index contributed by atoms with van der Waals surface area (Å²) in [5.74, 6) is -0.470. The number of rotatable bonds is 5. The molecule has 1 aliphatic rings. The summed E-state index contributed by atoms with van der Waals surface area (Å²) in [6, 6.07) is 0. The van der Waals surface area contributed by atoms with Crippen LogP contribution in [0.15, 0.2) is 11.6 Å². The highest BCUT2D eigenvalue weighted by Crippen LogP contribution is 2.62. The topological polar surface area (TPSA) is 52.6 Å². The highest BCUT2D eigenvalue weighted by Gasteiger charge is 2.60. The summed E-state index contributed by atoms with van der Waals surface area (Å²) in [5.41, 5.74) is 1.33. The van der Waals surface area contributed by atoms with Gasteiger partial charge in [0.2, 0.25) is 0 Å². The molecule has 0 aromatic carbocycles. The lowest BCUT2D eigenvalue weighted by atomic mass is 9.99. The van der Waals surface area contributed by atoms with Gasteiger partial charge in [0.1, 0.15) is 0 Å². The lowest BCUT2D eigenvalue weighted by Gasteiger charge is -2.11. The zero-order chi connectivity index (χ0) is 16.4. The number of carbonyl (C=O) groups is 2. The van der Waals surface area contributed by atoms with Crippen LogP contribution in [0.25, 0.3) is 0 Å². The van der Waals surface area contributed by atoms with Crippen LogP contribution in [0.4, 0.5) is 0 Å². The largest absolute Gasteiger partial charge is 0.358 e. The maximum absolute atomic E-state index is 12.0. The summed E-state index contributed by atoms with van der Waals surface area (Å²) in [7, 11) is 0. The molecule has 4 heteroatoms. The van der Waals surface area contributed by atoms with Crippen molar-refractivity contribution in [2.24, 2.45) is 29.1 Å². The van der Waals surface area contributed by atoms with Crippen LogP contribution in [0, 0.1) is 29.1 Å².